The highest BCUT2D eigenvalue weighted by Crippen LogP contribution is 2.29. The van der Waals surface area contributed by atoms with Crippen molar-refractivity contribution in [1.29, 1.82) is 0 Å². The lowest BCUT2D eigenvalue weighted by Gasteiger charge is -1.84. The van der Waals surface area contributed by atoms with Crippen molar-refractivity contribution >= 4 is 29.0 Å². The maximum Gasteiger partial charge on any atom is 0.161 e. The quantitative estimate of drug-likeness (QED) is 0.712. The van der Waals surface area contributed by atoms with Crippen molar-refractivity contribution in [2.45, 2.75) is 6.92 Å². The summed E-state index contributed by atoms with van der Waals surface area (Å²) in [5, 5.41) is 2.95. The average Bonchev–Trinajstić information content (AvgIpc) is 2.71. The van der Waals surface area contributed by atoms with Crippen LogP contribution in [0.25, 0.3) is 9.88 Å². The molecule has 2 rings (SSSR count). The summed E-state index contributed by atoms with van der Waals surface area (Å²) >= 11 is 3.09. The molecule has 2 aromatic heterocycles. The molecule has 0 aromatic carbocycles. The number of aromatic nitrogens is 1. The first-order valence-corrected chi connectivity index (χ1v) is 5.47. The minimum atomic E-state index is 0.725. The Balaban J connectivity index is 2.48. The summed E-state index contributed by atoms with van der Waals surface area (Å²) in [6.07, 6.45) is 0.865. The lowest BCUT2D eigenvalue weighted by Crippen LogP contribution is -1.77. The van der Waals surface area contributed by atoms with Gasteiger partial charge >= 0.3 is 0 Å². The normalized spacial score (nSPS) is 10.2. The molecule has 0 saturated heterocycles. The topological polar surface area (TPSA) is 30.0 Å². The van der Waals surface area contributed by atoms with Gasteiger partial charge in [0, 0.05) is 0 Å². The van der Waals surface area contributed by atoms with E-state index in [0.717, 1.165) is 26.7 Å². The molecule has 2 heterocycles. The van der Waals surface area contributed by atoms with Crippen LogP contribution in [0.5, 0.6) is 0 Å². The first kappa shape index (κ1) is 8.59. The number of rotatable bonds is 2. The summed E-state index contributed by atoms with van der Waals surface area (Å²) in [6, 6.07) is 3.99. The predicted molar refractivity (Wildman–Crippen MR) is 55.6 cm³/mol. The fourth-order valence-corrected chi connectivity index (χ4v) is 2.70. The average molecular weight is 209 g/mol. The molecule has 0 unspecified atom stereocenters. The fraction of sp³-hybridized carbons (Fsp3) is 0.111. The van der Waals surface area contributed by atoms with Gasteiger partial charge in [-0.2, -0.15) is 0 Å². The number of nitrogens with zero attached hydrogens (tertiary/aromatic N) is 1. The number of aryl methyl sites for hydroxylation is 1. The maximum absolute atomic E-state index is 10.6. The van der Waals surface area contributed by atoms with Crippen LogP contribution < -0.4 is 0 Å². The molecule has 2 aromatic rings. The van der Waals surface area contributed by atoms with Crippen LogP contribution >= 0.6 is 22.7 Å². The van der Waals surface area contributed by atoms with E-state index >= 15 is 0 Å². The van der Waals surface area contributed by atoms with E-state index in [4.69, 9.17) is 0 Å². The number of carbonyl (C=O) groups is 1. The molecule has 4 heteroatoms. The first-order chi connectivity index (χ1) is 6.31. The van der Waals surface area contributed by atoms with Crippen molar-refractivity contribution in [2.75, 3.05) is 0 Å². The molecule has 0 saturated carbocycles. The smallest absolute Gasteiger partial charge is 0.161 e. The lowest BCUT2D eigenvalue weighted by molar-refractivity contribution is 0.112. The Kier molecular flexibility index (Phi) is 2.24. The van der Waals surface area contributed by atoms with E-state index in [0.29, 0.717) is 0 Å². The highest BCUT2D eigenvalue weighted by atomic mass is 32.1. The number of hydrogen-bond donors (Lipinski definition) is 0. The third-order valence-corrected chi connectivity index (χ3v) is 3.79. The monoisotopic (exact) mass is 209 g/mol. The van der Waals surface area contributed by atoms with Crippen LogP contribution in [0.1, 0.15) is 15.4 Å². The molecule has 0 spiro atoms. The molecule has 0 aliphatic heterocycles. The van der Waals surface area contributed by atoms with Crippen molar-refractivity contribution in [2.24, 2.45) is 0 Å². The first-order valence-electron chi connectivity index (χ1n) is 3.78. The van der Waals surface area contributed by atoms with Crippen molar-refractivity contribution in [1.82, 2.24) is 4.98 Å². The van der Waals surface area contributed by atoms with Crippen molar-refractivity contribution < 1.29 is 4.79 Å². The van der Waals surface area contributed by atoms with Crippen LogP contribution in [0.15, 0.2) is 17.5 Å². The highest BCUT2D eigenvalue weighted by Gasteiger charge is 2.08. The molecular weight excluding hydrogens is 202 g/mol. The molecule has 0 fully saturated rings. The van der Waals surface area contributed by atoms with Crippen LogP contribution in [-0.4, -0.2) is 11.3 Å². The van der Waals surface area contributed by atoms with Gasteiger partial charge in [0.25, 0.3) is 0 Å². The molecule has 0 atom stereocenters. The van der Waals surface area contributed by atoms with E-state index in [1.54, 1.807) is 11.3 Å². The Morgan fingerprint density at radius 3 is 2.92 bits per heavy atom. The maximum atomic E-state index is 10.6. The second-order valence-corrected chi connectivity index (χ2v) is 4.54. The Hall–Kier alpha value is -1.00. The van der Waals surface area contributed by atoms with Crippen molar-refractivity contribution in [3.8, 4) is 9.88 Å². The summed E-state index contributed by atoms with van der Waals surface area (Å²) in [7, 11) is 0. The Labute approximate surface area is 83.9 Å². The fourth-order valence-electron chi connectivity index (χ4n) is 1.02. The Morgan fingerprint density at radius 1 is 1.54 bits per heavy atom. The summed E-state index contributed by atoms with van der Waals surface area (Å²) in [6.45, 7) is 1.86. The van der Waals surface area contributed by atoms with Gasteiger partial charge in [-0.3, -0.25) is 4.79 Å². The summed E-state index contributed by atoms with van der Waals surface area (Å²) in [5.74, 6) is 0. The zero-order valence-corrected chi connectivity index (χ0v) is 8.61. The summed E-state index contributed by atoms with van der Waals surface area (Å²) < 4.78 is 0. The molecule has 0 N–H and O–H groups in total. The molecule has 0 amide bonds. The number of hydrogen-bond acceptors (Lipinski definition) is 4. The lowest BCUT2D eigenvalue weighted by atomic mass is 10.4. The Morgan fingerprint density at radius 2 is 2.38 bits per heavy atom. The van der Waals surface area contributed by atoms with Crippen molar-refractivity contribution in [3.63, 3.8) is 0 Å². The molecule has 0 aliphatic rings. The number of thiophene rings is 1. The van der Waals surface area contributed by atoms with Gasteiger partial charge in [0.1, 0.15) is 5.01 Å². The SMILES string of the molecule is Cc1nc(-c2cccs2)sc1C=O. The van der Waals surface area contributed by atoms with E-state index in [1.807, 2.05) is 24.4 Å². The highest BCUT2D eigenvalue weighted by molar-refractivity contribution is 7.21. The zero-order chi connectivity index (χ0) is 9.26. The molecule has 0 aliphatic carbocycles. The molecular formula is C9H7NOS2. The number of aldehydes is 1. The van der Waals surface area contributed by atoms with Crippen LogP contribution in [0.4, 0.5) is 0 Å². The third-order valence-electron chi connectivity index (χ3n) is 1.67. The van der Waals surface area contributed by atoms with Gasteiger partial charge in [-0.15, -0.1) is 22.7 Å². The van der Waals surface area contributed by atoms with E-state index in [1.165, 1.54) is 11.3 Å². The largest absolute Gasteiger partial charge is 0.297 e. The Bertz CT molecular complexity index is 417. The van der Waals surface area contributed by atoms with Crippen LogP contribution in [0.3, 0.4) is 0 Å². The predicted octanol–water partition coefficient (Wildman–Crippen LogP) is 2.99. The van der Waals surface area contributed by atoms with Gasteiger partial charge in [0.05, 0.1) is 15.4 Å². The third kappa shape index (κ3) is 1.55. The second kappa shape index (κ2) is 3.40. The molecule has 0 radical (unpaired) electrons. The molecule has 0 bridgehead atoms. The second-order valence-electron chi connectivity index (χ2n) is 2.56. The van der Waals surface area contributed by atoms with Crippen LogP contribution in [-0.2, 0) is 0 Å². The molecule has 13 heavy (non-hydrogen) atoms. The van der Waals surface area contributed by atoms with Gasteiger partial charge < -0.3 is 0 Å². The van der Waals surface area contributed by atoms with Gasteiger partial charge in [0.2, 0.25) is 0 Å². The van der Waals surface area contributed by atoms with E-state index < -0.39 is 0 Å². The summed E-state index contributed by atoms with van der Waals surface area (Å²) in [5.41, 5.74) is 0.823. The van der Waals surface area contributed by atoms with Crippen molar-refractivity contribution in [3.05, 3.63) is 28.1 Å². The van der Waals surface area contributed by atoms with Crippen LogP contribution in [0.2, 0.25) is 0 Å². The minimum absolute atomic E-state index is 0.725. The minimum Gasteiger partial charge on any atom is -0.297 e. The number of carbonyl (C=O) groups excluding carboxylic acids is 1. The van der Waals surface area contributed by atoms with Gasteiger partial charge in [0.15, 0.2) is 6.29 Å². The van der Waals surface area contributed by atoms with E-state index in [2.05, 4.69) is 4.98 Å². The number of thiazole rings is 1. The molecule has 2 nitrogen and oxygen atoms in total. The van der Waals surface area contributed by atoms with Gasteiger partial charge in [-0.05, 0) is 18.4 Å². The summed E-state index contributed by atoms with van der Waals surface area (Å²) in [4.78, 5) is 16.8. The zero-order valence-electron chi connectivity index (χ0n) is 6.98. The van der Waals surface area contributed by atoms with Gasteiger partial charge in [-0.25, -0.2) is 4.98 Å². The van der Waals surface area contributed by atoms with Crippen LogP contribution in [0, 0.1) is 6.92 Å². The van der Waals surface area contributed by atoms with Gasteiger partial charge in [-0.1, -0.05) is 6.07 Å². The standard InChI is InChI=1S/C9H7NOS2/c1-6-8(5-11)13-9(10-6)7-3-2-4-12-7/h2-5H,1H3. The molecule has 66 valence electrons. The van der Waals surface area contributed by atoms with E-state index in [-0.39, 0.29) is 0 Å². The van der Waals surface area contributed by atoms with E-state index in [9.17, 15) is 4.79 Å².